The molecule has 1 fully saturated rings. The maximum absolute atomic E-state index is 12.1. The van der Waals surface area contributed by atoms with Crippen molar-refractivity contribution >= 4 is 18.3 Å². The van der Waals surface area contributed by atoms with Gasteiger partial charge in [-0.25, -0.2) is 0 Å². The Morgan fingerprint density at radius 1 is 1.38 bits per heavy atom. The zero-order valence-electron chi connectivity index (χ0n) is 15.1. The molecule has 1 saturated heterocycles. The van der Waals surface area contributed by atoms with Crippen LogP contribution in [0.5, 0.6) is 5.75 Å². The van der Waals surface area contributed by atoms with E-state index < -0.39 is 0 Å². The predicted molar refractivity (Wildman–Crippen MR) is 101 cm³/mol. The predicted octanol–water partition coefficient (Wildman–Crippen LogP) is 3.11. The van der Waals surface area contributed by atoms with Crippen LogP contribution < -0.4 is 15.4 Å². The van der Waals surface area contributed by atoms with Gasteiger partial charge in [-0.15, -0.1) is 12.4 Å². The lowest BCUT2D eigenvalue weighted by atomic mass is 9.84. The SMILES string of the molecule is COc1cc(CCNC(=O)CC(C)C2CCNCC2)ccc1C.Cl. The number of hydrogen-bond acceptors (Lipinski definition) is 3. The summed E-state index contributed by atoms with van der Waals surface area (Å²) in [6.45, 7) is 7.11. The average Bonchev–Trinajstić information content (AvgIpc) is 2.57. The standard InChI is InChI=1S/C19H30N2O2.ClH/c1-14-4-5-16(13-18(14)23-3)6-11-21-19(22)12-15(2)17-7-9-20-10-8-17;/h4-5,13,15,17,20H,6-12H2,1-3H3,(H,21,22);1H. The molecule has 5 heteroatoms. The Kier molecular flexibility index (Phi) is 9.16. The number of amides is 1. The Bertz CT molecular complexity index is 516. The molecule has 1 unspecified atom stereocenters. The van der Waals surface area contributed by atoms with Crippen molar-refractivity contribution in [2.45, 2.75) is 39.5 Å². The molecule has 0 radical (unpaired) electrons. The topological polar surface area (TPSA) is 50.4 Å². The zero-order chi connectivity index (χ0) is 16.7. The fourth-order valence-corrected chi connectivity index (χ4v) is 3.31. The molecule has 0 aromatic heterocycles. The minimum Gasteiger partial charge on any atom is -0.496 e. The van der Waals surface area contributed by atoms with E-state index in [1.54, 1.807) is 7.11 Å². The highest BCUT2D eigenvalue weighted by Crippen LogP contribution is 2.24. The molecular weight excluding hydrogens is 324 g/mol. The van der Waals surface area contributed by atoms with Crippen molar-refractivity contribution in [3.8, 4) is 5.75 Å². The fourth-order valence-electron chi connectivity index (χ4n) is 3.31. The van der Waals surface area contributed by atoms with Crippen molar-refractivity contribution in [1.82, 2.24) is 10.6 Å². The Hall–Kier alpha value is -1.26. The summed E-state index contributed by atoms with van der Waals surface area (Å²) in [4.78, 5) is 12.1. The molecule has 136 valence electrons. The summed E-state index contributed by atoms with van der Waals surface area (Å²) in [5.41, 5.74) is 2.33. The summed E-state index contributed by atoms with van der Waals surface area (Å²) in [5.74, 6) is 2.24. The lowest BCUT2D eigenvalue weighted by Gasteiger charge is -2.27. The van der Waals surface area contributed by atoms with E-state index in [1.807, 2.05) is 6.92 Å². The highest BCUT2D eigenvalue weighted by Gasteiger charge is 2.21. The summed E-state index contributed by atoms with van der Waals surface area (Å²) >= 11 is 0. The molecule has 1 amide bonds. The maximum atomic E-state index is 12.1. The Morgan fingerprint density at radius 3 is 2.75 bits per heavy atom. The number of ether oxygens (including phenoxy) is 1. The van der Waals surface area contributed by atoms with Gasteiger partial charge < -0.3 is 15.4 Å². The molecule has 0 aliphatic carbocycles. The van der Waals surface area contributed by atoms with Crippen LogP contribution in [0.2, 0.25) is 0 Å². The number of carbonyl (C=O) groups excluding carboxylic acids is 1. The molecule has 24 heavy (non-hydrogen) atoms. The first-order valence-electron chi connectivity index (χ1n) is 8.71. The minimum atomic E-state index is 0. The molecule has 1 aliphatic rings. The summed E-state index contributed by atoms with van der Waals surface area (Å²) in [6, 6.07) is 6.22. The number of piperidine rings is 1. The minimum absolute atomic E-state index is 0. The second-order valence-corrected chi connectivity index (χ2v) is 6.67. The van der Waals surface area contributed by atoms with E-state index in [2.05, 4.69) is 35.8 Å². The molecule has 2 rings (SSSR count). The molecule has 1 aromatic rings. The van der Waals surface area contributed by atoms with E-state index >= 15 is 0 Å². The van der Waals surface area contributed by atoms with Crippen LogP contribution in [0.15, 0.2) is 18.2 Å². The number of carbonyl (C=O) groups is 1. The van der Waals surface area contributed by atoms with Gasteiger partial charge in [0.05, 0.1) is 7.11 Å². The summed E-state index contributed by atoms with van der Waals surface area (Å²) < 4.78 is 5.34. The third-order valence-corrected chi connectivity index (χ3v) is 4.90. The van der Waals surface area contributed by atoms with Crippen LogP contribution in [0.4, 0.5) is 0 Å². The van der Waals surface area contributed by atoms with Crippen molar-refractivity contribution in [2.75, 3.05) is 26.7 Å². The van der Waals surface area contributed by atoms with Gasteiger partial charge in [-0.1, -0.05) is 19.1 Å². The van der Waals surface area contributed by atoms with Crippen molar-refractivity contribution in [3.05, 3.63) is 29.3 Å². The second kappa shape index (κ2) is 10.6. The molecule has 2 N–H and O–H groups in total. The monoisotopic (exact) mass is 354 g/mol. The number of hydrogen-bond donors (Lipinski definition) is 2. The molecule has 1 aromatic carbocycles. The van der Waals surface area contributed by atoms with Gasteiger partial charge in [0.25, 0.3) is 0 Å². The lowest BCUT2D eigenvalue weighted by molar-refractivity contribution is -0.122. The summed E-state index contributed by atoms with van der Waals surface area (Å²) in [5, 5.41) is 6.44. The van der Waals surface area contributed by atoms with Crippen molar-refractivity contribution < 1.29 is 9.53 Å². The highest BCUT2D eigenvalue weighted by atomic mass is 35.5. The number of nitrogens with one attached hydrogen (secondary N) is 2. The van der Waals surface area contributed by atoms with Crippen molar-refractivity contribution in [1.29, 1.82) is 0 Å². The van der Waals surface area contributed by atoms with Crippen LogP contribution in [-0.4, -0.2) is 32.7 Å². The molecular formula is C19H31ClN2O2. The highest BCUT2D eigenvalue weighted by molar-refractivity contribution is 5.85. The van der Waals surface area contributed by atoms with Crippen molar-refractivity contribution in [3.63, 3.8) is 0 Å². The summed E-state index contributed by atoms with van der Waals surface area (Å²) in [6.07, 6.45) is 3.86. The third-order valence-electron chi connectivity index (χ3n) is 4.90. The molecule has 1 aliphatic heterocycles. The van der Waals surface area contributed by atoms with Gasteiger partial charge in [-0.05, 0) is 68.3 Å². The number of aryl methyl sites for hydroxylation is 1. The first-order valence-corrected chi connectivity index (χ1v) is 8.71. The van der Waals surface area contributed by atoms with Crippen molar-refractivity contribution in [2.24, 2.45) is 11.8 Å². The van der Waals surface area contributed by atoms with E-state index in [4.69, 9.17) is 4.74 Å². The molecule has 4 nitrogen and oxygen atoms in total. The van der Waals surface area contributed by atoms with Crippen LogP contribution in [-0.2, 0) is 11.2 Å². The quantitative estimate of drug-likeness (QED) is 0.791. The molecule has 1 heterocycles. The summed E-state index contributed by atoms with van der Waals surface area (Å²) in [7, 11) is 1.69. The van der Waals surface area contributed by atoms with Gasteiger partial charge in [-0.2, -0.15) is 0 Å². The van der Waals surface area contributed by atoms with Crippen LogP contribution in [0, 0.1) is 18.8 Å². The van der Waals surface area contributed by atoms with Gasteiger partial charge in [0.15, 0.2) is 0 Å². The van der Waals surface area contributed by atoms with Crippen LogP contribution in [0.3, 0.4) is 0 Å². The van der Waals surface area contributed by atoms with Gasteiger partial charge in [0, 0.05) is 13.0 Å². The number of benzene rings is 1. The van der Waals surface area contributed by atoms with E-state index in [0.29, 0.717) is 24.8 Å². The molecule has 0 bridgehead atoms. The maximum Gasteiger partial charge on any atom is 0.220 e. The van der Waals surface area contributed by atoms with Crippen LogP contribution >= 0.6 is 12.4 Å². The lowest BCUT2D eigenvalue weighted by Crippen LogP contribution is -2.34. The third kappa shape index (κ3) is 6.33. The van der Waals surface area contributed by atoms with E-state index in [9.17, 15) is 4.79 Å². The van der Waals surface area contributed by atoms with Gasteiger partial charge in [0.1, 0.15) is 5.75 Å². The van der Waals surface area contributed by atoms with Gasteiger partial charge in [-0.3, -0.25) is 4.79 Å². The first-order chi connectivity index (χ1) is 11.1. The number of rotatable bonds is 7. The van der Waals surface area contributed by atoms with Crippen LogP contribution in [0.25, 0.3) is 0 Å². The molecule has 0 saturated carbocycles. The smallest absolute Gasteiger partial charge is 0.220 e. The van der Waals surface area contributed by atoms with Gasteiger partial charge in [0.2, 0.25) is 5.91 Å². The van der Waals surface area contributed by atoms with Crippen LogP contribution in [0.1, 0.15) is 37.3 Å². The second-order valence-electron chi connectivity index (χ2n) is 6.67. The van der Waals surface area contributed by atoms with E-state index in [0.717, 1.165) is 30.8 Å². The Labute approximate surface area is 152 Å². The molecule has 1 atom stereocenters. The van der Waals surface area contributed by atoms with Gasteiger partial charge >= 0.3 is 0 Å². The average molecular weight is 355 g/mol. The van der Waals surface area contributed by atoms with E-state index in [-0.39, 0.29) is 18.3 Å². The fraction of sp³-hybridized carbons (Fsp3) is 0.632. The first kappa shape index (κ1) is 20.8. The Balaban J connectivity index is 0.00000288. The number of methoxy groups -OCH3 is 1. The van der Waals surface area contributed by atoms with E-state index in [1.165, 1.54) is 18.4 Å². The largest absolute Gasteiger partial charge is 0.496 e. The normalized spacial score (nSPS) is 16.1. The zero-order valence-corrected chi connectivity index (χ0v) is 15.9. The number of halogens is 1. The molecule has 0 spiro atoms. The Morgan fingerprint density at radius 2 is 2.08 bits per heavy atom.